The van der Waals surface area contributed by atoms with E-state index in [1.165, 1.54) is 16.0 Å². The van der Waals surface area contributed by atoms with Crippen LogP contribution in [0.1, 0.15) is 30.5 Å². The average molecular weight is 543 g/mol. The summed E-state index contributed by atoms with van der Waals surface area (Å²) in [5, 5.41) is 3.43. The molecule has 0 saturated heterocycles. The molecule has 0 aliphatic heterocycles. The van der Waals surface area contributed by atoms with Crippen molar-refractivity contribution in [3.63, 3.8) is 0 Å². The van der Waals surface area contributed by atoms with Gasteiger partial charge in [0.15, 0.2) is 0 Å². The first-order chi connectivity index (χ1) is 12.5. The van der Waals surface area contributed by atoms with E-state index in [-0.39, 0.29) is 95.0 Å². The van der Waals surface area contributed by atoms with Crippen LogP contribution in [0, 0.1) is 26.0 Å². The summed E-state index contributed by atoms with van der Waals surface area (Å²) in [6.07, 6.45) is 1.11. The Kier molecular flexibility index (Phi) is 37.4. The molecule has 140 valence electrons. The van der Waals surface area contributed by atoms with Gasteiger partial charge in [-0.2, -0.15) is 70.8 Å². The van der Waals surface area contributed by atoms with E-state index in [0.717, 1.165) is 17.5 Å². The predicted octanol–water partition coefficient (Wildman–Crippen LogP) is 3.41. The molecule has 2 aromatic rings. The fourth-order valence-corrected chi connectivity index (χ4v) is 1.50. The van der Waals surface area contributed by atoms with Gasteiger partial charge in [0.05, 0.1) is 8.52 Å². The summed E-state index contributed by atoms with van der Waals surface area (Å²) >= 11 is 0. The second-order valence-corrected chi connectivity index (χ2v) is 4.59. The third-order valence-electron chi connectivity index (χ3n) is 2.79. The summed E-state index contributed by atoms with van der Waals surface area (Å²) < 4.78 is 15.5. The van der Waals surface area contributed by atoms with Crippen molar-refractivity contribution < 1.29 is 101 Å². The van der Waals surface area contributed by atoms with Crippen LogP contribution in [0.5, 0.6) is 0 Å². The molecule has 0 aliphatic rings. The Hall–Kier alpha value is 0.198. The third-order valence-corrected chi connectivity index (χ3v) is 2.79. The number of alkyl halides is 1. The molecule has 0 amide bonds. The Labute approximate surface area is 241 Å². The molecule has 0 saturated carbocycles. The maximum atomic E-state index is 9.96. The van der Waals surface area contributed by atoms with Crippen LogP contribution < -0.4 is 29.6 Å². The molecule has 28 heavy (non-hydrogen) atoms. The second-order valence-electron chi connectivity index (χ2n) is 4.59. The molecule has 10 heteroatoms. The zero-order valence-electron chi connectivity index (χ0n) is 17.8. The molecule has 0 spiro atoms. The Morgan fingerprint density at radius 3 is 1.68 bits per heavy atom. The van der Waals surface area contributed by atoms with Crippen molar-refractivity contribution in [3.8, 4) is 0 Å². The SMILES string of the molecule is CCc1c[c-]c(C)cc1.Cc1[c-]cc(CN=[N+]=[N-])cc1.[2H]CF.[N-]=[N+]=[N-].[Na+].[Y].[Y]. The van der Waals surface area contributed by atoms with Gasteiger partial charge >= 0.3 is 29.6 Å². The van der Waals surface area contributed by atoms with E-state index in [1.807, 2.05) is 25.1 Å². The molecule has 0 unspecified atom stereocenters. The molecule has 2 aromatic carbocycles. The molecule has 0 bridgehead atoms. The third kappa shape index (κ3) is 24.2. The van der Waals surface area contributed by atoms with Crippen LogP contribution >= 0.6 is 0 Å². The van der Waals surface area contributed by atoms with Crippen LogP contribution in [-0.2, 0) is 78.4 Å². The van der Waals surface area contributed by atoms with Gasteiger partial charge in [-0.15, -0.1) is 5.11 Å². The smallest absolute Gasteiger partial charge is 0.373 e. The molecule has 0 aliphatic carbocycles. The molecule has 0 N–H and O–H groups in total. The normalized spacial score (nSPS) is 7.50. The summed E-state index contributed by atoms with van der Waals surface area (Å²) in [5.41, 5.74) is 26.2. The molecule has 6 nitrogen and oxygen atoms in total. The van der Waals surface area contributed by atoms with Crippen molar-refractivity contribution in [1.82, 2.24) is 0 Å². The molecular weight excluding hydrogens is 520 g/mol. The topological polar surface area (TPSA) is 107 Å². The maximum Gasteiger partial charge on any atom is 1.00 e. The Morgan fingerprint density at radius 2 is 1.39 bits per heavy atom. The zero-order valence-corrected chi connectivity index (χ0v) is 24.5. The predicted molar refractivity (Wildman–Crippen MR) is 99.4 cm³/mol. The number of hydrogen-bond acceptors (Lipinski definition) is 1. The zero-order chi connectivity index (χ0) is 20.2. The minimum atomic E-state index is -1.00. The Morgan fingerprint density at radius 1 is 1.00 bits per heavy atom. The molecular formula is C18H22FN6NaY2-2. The monoisotopic (exact) mass is 543 g/mol. The van der Waals surface area contributed by atoms with Crippen LogP contribution in [0.2, 0.25) is 0 Å². The number of benzene rings is 2. The average Bonchev–Trinajstić information content (AvgIpc) is 2.64. The van der Waals surface area contributed by atoms with Crippen LogP contribution in [0.25, 0.3) is 26.4 Å². The van der Waals surface area contributed by atoms with E-state index in [1.54, 1.807) is 0 Å². The van der Waals surface area contributed by atoms with Gasteiger partial charge in [0.2, 0.25) is 0 Å². The van der Waals surface area contributed by atoms with E-state index in [9.17, 15) is 4.39 Å². The minimum Gasteiger partial charge on any atom is -0.373 e. The number of rotatable bonds is 3. The summed E-state index contributed by atoms with van der Waals surface area (Å²) in [7, 11) is -1.00. The Bertz CT molecular complexity index is 678. The second kappa shape index (κ2) is 29.4. The van der Waals surface area contributed by atoms with E-state index in [2.05, 4.69) is 54.2 Å². The Balaban J connectivity index is -0.0000000972. The van der Waals surface area contributed by atoms with Crippen molar-refractivity contribution in [2.45, 2.75) is 33.7 Å². The van der Waals surface area contributed by atoms with E-state index in [0.29, 0.717) is 6.54 Å². The number of hydrogen-bond donors (Lipinski definition) is 0. The minimum absolute atomic E-state index is 0. The van der Waals surface area contributed by atoms with Crippen molar-refractivity contribution in [3.05, 3.63) is 97.2 Å². The van der Waals surface area contributed by atoms with Gasteiger partial charge in [0, 0.05) is 76.9 Å². The molecule has 0 heterocycles. The number of azide groups is 1. The van der Waals surface area contributed by atoms with Crippen molar-refractivity contribution >= 4 is 0 Å². The molecule has 0 atom stereocenters. The quantitative estimate of drug-likeness (QED) is 0.186. The van der Waals surface area contributed by atoms with E-state index in [4.69, 9.17) is 18.0 Å². The largest absolute Gasteiger partial charge is 1.00 e. The number of halogens is 1. The van der Waals surface area contributed by atoms with Gasteiger partial charge in [-0.3, -0.25) is 9.30 Å². The molecule has 2 radical (unpaired) electrons. The van der Waals surface area contributed by atoms with Gasteiger partial charge in [-0.25, -0.2) is 0 Å². The number of nitrogens with zero attached hydrogens (tertiary/aromatic N) is 6. The van der Waals surface area contributed by atoms with Gasteiger partial charge < -0.3 is 11.1 Å². The number of aryl methyl sites for hydroxylation is 3. The first-order valence-corrected chi connectivity index (χ1v) is 7.27. The molecule has 2 rings (SSSR count). The fourth-order valence-electron chi connectivity index (χ4n) is 1.50. The van der Waals surface area contributed by atoms with Gasteiger partial charge in [-0.05, 0) is 5.53 Å². The standard InChI is InChI=1S/C9H11.C8H8N3.CH3F.N3.Na.2Y/c1-3-9-6-4-8(2)5-7-9;1-7-2-4-8(5-3-7)6-10-11-9;1-2;1-3-2;;;/h4,6-7H,3H2,1-2H3;2,4-5H,6H2,1H3;1H3;;;;/q2*-1;;-1;+1;;/i;;1D;;;;. The van der Waals surface area contributed by atoms with Crippen molar-refractivity contribution in [2.75, 3.05) is 7.15 Å². The fraction of sp³-hybridized carbons (Fsp3) is 0.333. The first-order valence-electron chi connectivity index (χ1n) is 7.98. The van der Waals surface area contributed by atoms with Crippen molar-refractivity contribution in [2.24, 2.45) is 5.11 Å². The maximum absolute atomic E-state index is 9.96. The first kappa shape index (κ1) is 35.6. The van der Waals surface area contributed by atoms with Crippen LogP contribution in [0.3, 0.4) is 0 Å². The van der Waals surface area contributed by atoms with Crippen molar-refractivity contribution in [1.29, 1.82) is 0 Å². The summed E-state index contributed by atoms with van der Waals surface area (Å²) in [6, 6.07) is 18.2. The van der Waals surface area contributed by atoms with Crippen LogP contribution in [-0.4, -0.2) is 7.15 Å². The van der Waals surface area contributed by atoms with Gasteiger partial charge in [-0.1, -0.05) is 27.2 Å². The van der Waals surface area contributed by atoms with Crippen LogP contribution in [0.15, 0.2) is 41.5 Å². The summed E-state index contributed by atoms with van der Waals surface area (Å²) in [4.78, 5) is 4.16. The van der Waals surface area contributed by atoms with Gasteiger partial charge in [0.1, 0.15) is 0 Å². The molecule has 0 aromatic heterocycles. The molecule has 0 fully saturated rings. The summed E-state index contributed by atoms with van der Waals surface area (Å²) in [6.45, 7) is 6.59. The van der Waals surface area contributed by atoms with E-state index >= 15 is 0 Å². The van der Waals surface area contributed by atoms with E-state index < -0.39 is 7.15 Å². The van der Waals surface area contributed by atoms with Crippen LogP contribution in [0.4, 0.5) is 4.39 Å². The summed E-state index contributed by atoms with van der Waals surface area (Å²) in [5.74, 6) is 0. The van der Waals surface area contributed by atoms with Gasteiger partial charge in [0.25, 0.3) is 0 Å².